The predicted octanol–water partition coefficient (Wildman–Crippen LogP) is 1.41. The Kier molecular flexibility index (Phi) is 8.85. The Balaban J connectivity index is 0.000000162. The van der Waals surface area contributed by atoms with Crippen LogP contribution in [0.25, 0.3) is 0 Å². The summed E-state index contributed by atoms with van der Waals surface area (Å²) in [5.74, 6) is 0. The molecule has 1 aliphatic heterocycles. The molecule has 2 nitrogen and oxygen atoms in total. The standard InChI is InChI=1S/C4H9N.C4H10O/c1-2-4-5-3-1;1-3-4-5-2/h5H,1-4H2;3-4H2,1-2H3. The van der Waals surface area contributed by atoms with Crippen molar-refractivity contribution in [1.82, 2.24) is 5.32 Å². The number of ether oxygens (including phenoxy) is 1. The zero-order valence-corrected chi connectivity index (χ0v) is 7.15. The lowest BCUT2D eigenvalue weighted by Crippen LogP contribution is -2.03. The van der Waals surface area contributed by atoms with Crippen molar-refractivity contribution >= 4 is 0 Å². The van der Waals surface area contributed by atoms with Crippen LogP contribution in [0.4, 0.5) is 0 Å². The van der Waals surface area contributed by atoms with E-state index in [4.69, 9.17) is 4.74 Å². The minimum Gasteiger partial charge on any atom is -0.385 e. The molecule has 0 unspecified atom stereocenters. The third-order valence-electron chi connectivity index (χ3n) is 1.37. The van der Waals surface area contributed by atoms with E-state index in [1.54, 1.807) is 7.11 Å². The lowest BCUT2D eigenvalue weighted by molar-refractivity contribution is 0.199. The minimum absolute atomic E-state index is 0.889. The van der Waals surface area contributed by atoms with Crippen LogP contribution in [-0.2, 0) is 4.74 Å². The summed E-state index contributed by atoms with van der Waals surface area (Å²) in [5.41, 5.74) is 0. The highest BCUT2D eigenvalue weighted by atomic mass is 16.5. The summed E-state index contributed by atoms with van der Waals surface area (Å²) < 4.78 is 4.69. The van der Waals surface area contributed by atoms with E-state index >= 15 is 0 Å². The molecule has 0 aliphatic carbocycles. The Bertz CT molecular complexity index is 43.6. The van der Waals surface area contributed by atoms with Crippen molar-refractivity contribution in [2.45, 2.75) is 26.2 Å². The highest BCUT2D eigenvalue weighted by molar-refractivity contribution is 4.55. The molecule has 0 spiro atoms. The first-order valence-corrected chi connectivity index (χ1v) is 4.11. The van der Waals surface area contributed by atoms with Gasteiger partial charge < -0.3 is 10.1 Å². The van der Waals surface area contributed by atoms with Gasteiger partial charge in [0, 0.05) is 13.7 Å². The van der Waals surface area contributed by atoms with Crippen molar-refractivity contribution in [2.75, 3.05) is 26.8 Å². The molecule has 0 bridgehead atoms. The van der Waals surface area contributed by atoms with Crippen LogP contribution in [-0.4, -0.2) is 26.8 Å². The molecule has 0 amide bonds. The number of hydrogen-bond acceptors (Lipinski definition) is 2. The van der Waals surface area contributed by atoms with Gasteiger partial charge in [-0.05, 0) is 32.4 Å². The van der Waals surface area contributed by atoms with Gasteiger partial charge >= 0.3 is 0 Å². The molecule has 0 aromatic carbocycles. The van der Waals surface area contributed by atoms with Crippen LogP contribution in [0.1, 0.15) is 26.2 Å². The van der Waals surface area contributed by atoms with Gasteiger partial charge in [-0.25, -0.2) is 0 Å². The first kappa shape index (κ1) is 9.92. The highest BCUT2D eigenvalue weighted by Gasteiger charge is 1.93. The average Bonchev–Trinajstić information content (AvgIpc) is 2.44. The molecule has 1 aliphatic rings. The molecule has 1 heterocycles. The van der Waals surface area contributed by atoms with Crippen molar-refractivity contribution in [2.24, 2.45) is 0 Å². The van der Waals surface area contributed by atoms with Crippen LogP contribution in [0.5, 0.6) is 0 Å². The number of methoxy groups -OCH3 is 1. The largest absolute Gasteiger partial charge is 0.385 e. The topological polar surface area (TPSA) is 21.3 Å². The fraction of sp³-hybridized carbons (Fsp3) is 1.00. The first-order chi connectivity index (χ1) is 4.91. The van der Waals surface area contributed by atoms with Crippen LogP contribution in [0.3, 0.4) is 0 Å². The molecule has 1 N–H and O–H groups in total. The molecule has 1 fully saturated rings. The van der Waals surface area contributed by atoms with Gasteiger partial charge in [-0.3, -0.25) is 0 Å². The molecule has 0 radical (unpaired) electrons. The second kappa shape index (κ2) is 8.92. The van der Waals surface area contributed by atoms with Crippen molar-refractivity contribution < 1.29 is 4.74 Å². The minimum atomic E-state index is 0.889. The van der Waals surface area contributed by atoms with E-state index in [0.29, 0.717) is 0 Å². The molecule has 0 saturated carbocycles. The van der Waals surface area contributed by atoms with Crippen LogP contribution in [0, 0.1) is 0 Å². The molecule has 62 valence electrons. The Hall–Kier alpha value is -0.0800. The summed E-state index contributed by atoms with van der Waals surface area (Å²) in [4.78, 5) is 0. The van der Waals surface area contributed by atoms with E-state index in [0.717, 1.165) is 13.0 Å². The van der Waals surface area contributed by atoms with Gasteiger partial charge in [0.15, 0.2) is 0 Å². The van der Waals surface area contributed by atoms with E-state index in [2.05, 4.69) is 12.2 Å². The van der Waals surface area contributed by atoms with E-state index in [9.17, 15) is 0 Å². The second-order valence-electron chi connectivity index (χ2n) is 2.45. The summed E-state index contributed by atoms with van der Waals surface area (Å²) in [6.07, 6.45) is 3.90. The molecular formula is C8H19NO. The second-order valence-corrected chi connectivity index (χ2v) is 2.45. The van der Waals surface area contributed by atoms with Crippen molar-refractivity contribution in [1.29, 1.82) is 0 Å². The molecular weight excluding hydrogens is 126 g/mol. The molecule has 0 atom stereocenters. The normalized spacial score (nSPS) is 16.2. The van der Waals surface area contributed by atoms with Gasteiger partial charge in [-0.15, -0.1) is 0 Å². The molecule has 1 saturated heterocycles. The fourth-order valence-electron chi connectivity index (χ4n) is 0.829. The average molecular weight is 145 g/mol. The van der Waals surface area contributed by atoms with Crippen molar-refractivity contribution in [3.05, 3.63) is 0 Å². The Labute approximate surface area is 64.0 Å². The SMILES string of the molecule is C1CCNC1.CCCOC. The van der Waals surface area contributed by atoms with Crippen molar-refractivity contribution in [3.8, 4) is 0 Å². The molecule has 0 aromatic rings. The van der Waals surface area contributed by atoms with E-state index < -0.39 is 0 Å². The lowest BCUT2D eigenvalue weighted by atomic mass is 10.4. The fourth-order valence-corrected chi connectivity index (χ4v) is 0.829. The summed E-state index contributed by atoms with van der Waals surface area (Å²) >= 11 is 0. The summed E-state index contributed by atoms with van der Waals surface area (Å²) in [7, 11) is 1.71. The summed E-state index contributed by atoms with van der Waals surface area (Å²) in [6, 6.07) is 0. The van der Waals surface area contributed by atoms with Gasteiger partial charge in [-0.2, -0.15) is 0 Å². The molecule has 1 rings (SSSR count). The van der Waals surface area contributed by atoms with E-state index in [-0.39, 0.29) is 0 Å². The maximum absolute atomic E-state index is 4.69. The Morgan fingerprint density at radius 1 is 1.30 bits per heavy atom. The number of nitrogens with one attached hydrogen (secondary N) is 1. The zero-order valence-electron chi connectivity index (χ0n) is 7.15. The summed E-state index contributed by atoms with van der Waals surface area (Å²) in [6.45, 7) is 5.48. The Morgan fingerprint density at radius 3 is 2.00 bits per heavy atom. The van der Waals surface area contributed by atoms with Crippen LogP contribution >= 0.6 is 0 Å². The first-order valence-electron chi connectivity index (χ1n) is 4.11. The van der Waals surface area contributed by atoms with Crippen LogP contribution in [0.2, 0.25) is 0 Å². The third-order valence-corrected chi connectivity index (χ3v) is 1.37. The van der Waals surface area contributed by atoms with Crippen molar-refractivity contribution in [3.63, 3.8) is 0 Å². The van der Waals surface area contributed by atoms with Gasteiger partial charge in [0.05, 0.1) is 0 Å². The molecule has 10 heavy (non-hydrogen) atoms. The number of hydrogen-bond donors (Lipinski definition) is 1. The van der Waals surface area contributed by atoms with Crippen LogP contribution in [0.15, 0.2) is 0 Å². The van der Waals surface area contributed by atoms with Gasteiger partial charge in [-0.1, -0.05) is 6.92 Å². The molecule has 0 aromatic heterocycles. The van der Waals surface area contributed by atoms with E-state index in [1.165, 1.54) is 25.9 Å². The van der Waals surface area contributed by atoms with Gasteiger partial charge in [0.2, 0.25) is 0 Å². The number of rotatable bonds is 2. The van der Waals surface area contributed by atoms with Gasteiger partial charge in [0.1, 0.15) is 0 Å². The van der Waals surface area contributed by atoms with E-state index in [1.807, 2.05) is 0 Å². The van der Waals surface area contributed by atoms with Crippen LogP contribution < -0.4 is 5.32 Å². The maximum Gasteiger partial charge on any atom is 0.0459 e. The molecule has 2 heteroatoms. The third kappa shape index (κ3) is 7.92. The maximum atomic E-state index is 4.69. The van der Waals surface area contributed by atoms with Gasteiger partial charge in [0.25, 0.3) is 0 Å². The predicted molar refractivity (Wildman–Crippen MR) is 44.3 cm³/mol. The highest BCUT2D eigenvalue weighted by Crippen LogP contribution is 1.90. The smallest absolute Gasteiger partial charge is 0.0459 e. The zero-order chi connectivity index (χ0) is 7.66. The monoisotopic (exact) mass is 145 g/mol. The Morgan fingerprint density at radius 2 is 1.90 bits per heavy atom. The summed E-state index contributed by atoms with van der Waals surface area (Å²) in [5, 5.41) is 3.22. The lowest BCUT2D eigenvalue weighted by Gasteiger charge is -1.84. The quantitative estimate of drug-likeness (QED) is 0.634.